The van der Waals surface area contributed by atoms with E-state index in [0.29, 0.717) is 18.1 Å². The molecule has 3 heterocycles. The molecule has 1 aliphatic rings. The molecule has 1 fully saturated rings. The Bertz CT molecular complexity index is 1540. The average Bonchev–Trinajstić information content (AvgIpc) is 3.42. The van der Waals surface area contributed by atoms with Crippen LogP contribution in [0.3, 0.4) is 0 Å². The average molecular weight is 552 g/mol. The molecular weight excluding hydrogens is 514 g/mol. The van der Waals surface area contributed by atoms with Crippen molar-refractivity contribution in [3.05, 3.63) is 112 Å². The first kappa shape index (κ1) is 27.6. The van der Waals surface area contributed by atoms with E-state index in [1.807, 2.05) is 55.6 Å². The lowest BCUT2D eigenvalue weighted by Gasteiger charge is -2.28. The molecule has 5 rings (SSSR count). The number of nitrogens with zero attached hydrogens (tertiary/aromatic N) is 3. The Morgan fingerprint density at radius 2 is 1.82 bits per heavy atom. The van der Waals surface area contributed by atoms with Gasteiger partial charge in [-0.25, -0.2) is 0 Å². The highest BCUT2D eigenvalue weighted by Gasteiger charge is 2.41. The lowest BCUT2D eigenvalue weighted by atomic mass is 9.96. The van der Waals surface area contributed by atoms with Gasteiger partial charge in [-0.15, -0.1) is 0 Å². The van der Waals surface area contributed by atoms with Gasteiger partial charge in [-0.1, -0.05) is 43.3 Å². The van der Waals surface area contributed by atoms with Crippen LogP contribution in [-0.2, 0) is 11.2 Å². The van der Waals surface area contributed by atoms with Crippen LogP contribution in [0.4, 0.5) is 5.69 Å². The molecule has 2 N–H and O–H groups in total. The molecule has 4 aromatic rings. The van der Waals surface area contributed by atoms with Crippen LogP contribution in [0.5, 0.6) is 0 Å². The Morgan fingerprint density at radius 1 is 1.02 bits per heavy atom. The SMILES string of the molecule is CCc1cccc(C)c1-n1c(C)cc([C@H]2[C@@H](c3ccccn3)NC(=S)N2CCC(=O)Nc2cccc(C)c2)c1C. The Morgan fingerprint density at radius 3 is 2.55 bits per heavy atom. The molecule has 40 heavy (non-hydrogen) atoms. The Balaban J connectivity index is 1.51. The monoisotopic (exact) mass is 551 g/mol. The maximum Gasteiger partial charge on any atom is 0.226 e. The molecule has 2 aromatic heterocycles. The number of rotatable bonds is 8. The molecule has 0 spiro atoms. The van der Waals surface area contributed by atoms with Gasteiger partial charge in [0.05, 0.1) is 23.5 Å². The van der Waals surface area contributed by atoms with Crippen LogP contribution in [0.1, 0.15) is 64.8 Å². The Kier molecular flexibility index (Phi) is 8.03. The van der Waals surface area contributed by atoms with E-state index in [2.05, 4.69) is 77.0 Å². The lowest BCUT2D eigenvalue weighted by Crippen LogP contribution is -2.33. The van der Waals surface area contributed by atoms with Crippen LogP contribution in [-0.4, -0.2) is 32.0 Å². The van der Waals surface area contributed by atoms with Crippen LogP contribution < -0.4 is 10.6 Å². The number of aryl methyl sites for hydroxylation is 4. The maximum absolute atomic E-state index is 13.0. The molecule has 2 aromatic carbocycles. The highest BCUT2D eigenvalue weighted by Crippen LogP contribution is 2.42. The van der Waals surface area contributed by atoms with Crippen LogP contribution in [0, 0.1) is 27.7 Å². The van der Waals surface area contributed by atoms with E-state index in [-0.39, 0.29) is 18.0 Å². The van der Waals surface area contributed by atoms with Gasteiger partial charge >= 0.3 is 0 Å². The molecule has 0 unspecified atom stereocenters. The molecule has 0 saturated carbocycles. The van der Waals surface area contributed by atoms with Gasteiger partial charge in [0, 0.05) is 36.2 Å². The summed E-state index contributed by atoms with van der Waals surface area (Å²) in [6.07, 6.45) is 3.09. The maximum atomic E-state index is 13.0. The Labute approximate surface area is 242 Å². The van der Waals surface area contributed by atoms with Gasteiger partial charge in [0.2, 0.25) is 5.91 Å². The molecule has 1 saturated heterocycles. The van der Waals surface area contributed by atoms with E-state index in [9.17, 15) is 4.79 Å². The van der Waals surface area contributed by atoms with E-state index in [1.165, 1.54) is 33.8 Å². The summed E-state index contributed by atoms with van der Waals surface area (Å²) in [5.74, 6) is -0.0357. The number of hydrogen-bond donors (Lipinski definition) is 2. The second kappa shape index (κ2) is 11.6. The number of hydrogen-bond acceptors (Lipinski definition) is 3. The number of pyridine rings is 1. The number of para-hydroxylation sites is 1. The Hall–Kier alpha value is -3.97. The molecule has 1 aliphatic heterocycles. The molecule has 206 valence electrons. The van der Waals surface area contributed by atoms with Crippen molar-refractivity contribution in [2.75, 3.05) is 11.9 Å². The van der Waals surface area contributed by atoms with E-state index < -0.39 is 0 Å². The van der Waals surface area contributed by atoms with Crippen LogP contribution in [0.25, 0.3) is 5.69 Å². The summed E-state index contributed by atoms with van der Waals surface area (Å²) in [5.41, 5.74) is 10.2. The number of aromatic nitrogens is 2. The summed E-state index contributed by atoms with van der Waals surface area (Å²) in [6, 6.07) is 22.4. The molecule has 1 amide bonds. The number of thiocarbonyl (C=S) groups is 1. The predicted molar refractivity (Wildman–Crippen MR) is 166 cm³/mol. The van der Waals surface area contributed by atoms with Gasteiger partial charge in [0.1, 0.15) is 0 Å². The first-order valence-electron chi connectivity index (χ1n) is 13.9. The third-order valence-corrected chi connectivity index (χ3v) is 8.15. The van der Waals surface area contributed by atoms with Gasteiger partial charge in [0.25, 0.3) is 0 Å². The smallest absolute Gasteiger partial charge is 0.226 e. The number of carbonyl (C=O) groups excluding carboxylic acids is 1. The molecule has 0 aliphatic carbocycles. The van der Waals surface area contributed by atoms with E-state index in [4.69, 9.17) is 12.2 Å². The second-order valence-electron chi connectivity index (χ2n) is 10.6. The molecule has 0 radical (unpaired) electrons. The van der Waals surface area contributed by atoms with Crippen molar-refractivity contribution in [2.24, 2.45) is 0 Å². The van der Waals surface area contributed by atoms with E-state index in [0.717, 1.165) is 23.4 Å². The third-order valence-electron chi connectivity index (χ3n) is 7.79. The fraction of sp³-hybridized carbons (Fsp3) is 0.303. The van der Waals surface area contributed by atoms with E-state index >= 15 is 0 Å². The molecular formula is C33H37N5OS. The summed E-state index contributed by atoms with van der Waals surface area (Å²) in [6.45, 7) is 11.2. The van der Waals surface area contributed by atoms with E-state index in [1.54, 1.807) is 0 Å². The predicted octanol–water partition coefficient (Wildman–Crippen LogP) is 6.67. The molecule has 6 nitrogen and oxygen atoms in total. The minimum absolute atomic E-state index is 0.0357. The van der Waals surface area contributed by atoms with Crippen molar-refractivity contribution in [3.63, 3.8) is 0 Å². The third kappa shape index (κ3) is 5.39. The first-order chi connectivity index (χ1) is 19.3. The summed E-state index contributed by atoms with van der Waals surface area (Å²) in [7, 11) is 0. The van der Waals surface area contributed by atoms with Crippen LogP contribution >= 0.6 is 12.2 Å². The summed E-state index contributed by atoms with van der Waals surface area (Å²) < 4.78 is 2.38. The fourth-order valence-electron chi connectivity index (χ4n) is 5.91. The van der Waals surface area contributed by atoms with Gasteiger partial charge < -0.3 is 20.1 Å². The van der Waals surface area contributed by atoms with Crippen LogP contribution in [0.2, 0.25) is 0 Å². The molecule has 7 heteroatoms. The zero-order valence-electron chi connectivity index (χ0n) is 23.9. The normalized spacial score (nSPS) is 16.7. The van der Waals surface area contributed by atoms with Crippen molar-refractivity contribution >= 4 is 28.9 Å². The zero-order chi connectivity index (χ0) is 28.4. The van der Waals surface area contributed by atoms with Crippen molar-refractivity contribution in [2.45, 2.75) is 59.5 Å². The van der Waals surface area contributed by atoms with Gasteiger partial charge in [0.15, 0.2) is 5.11 Å². The lowest BCUT2D eigenvalue weighted by molar-refractivity contribution is -0.116. The van der Waals surface area contributed by atoms with Crippen molar-refractivity contribution in [3.8, 4) is 5.69 Å². The van der Waals surface area contributed by atoms with Crippen molar-refractivity contribution in [1.29, 1.82) is 0 Å². The van der Waals surface area contributed by atoms with Crippen molar-refractivity contribution < 1.29 is 4.79 Å². The number of carbonyl (C=O) groups is 1. The quantitative estimate of drug-likeness (QED) is 0.240. The highest BCUT2D eigenvalue weighted by molar-refractivity contribution is 7.80. The van der Waals surface area contributed by atoms with Crippen molar-refractivity contribution in [1.82, 2.24) is 19.8 Å². The fourth-order valence-corrected chi connectivity index (χ4v) is 6.24. The standard InChI is InChI=1S/C33H37N5OS/c1-6-25-13-10-12-22(3)31(25)38-23(4)20-27(24(38)5)32-30(28-15-7-8-17-34-28)36-33(40)37(32)18-16-29(39)35-26-14-9-11-21(2)19-26/h7-15,17,19-20,30,32H,6,16,18H2,1-5H3,(H,35,39)(H,36,40)/t30-,32+/m1/s1. The zero-order valence-corrected chi connectivity index (χ0v) is 24.7. The molecule has 2 atom stereocenters. The molecule has 0 bridgehead atoms. The van der Waals surface area contributed by atoms with Crippen LogP contribution in [0.15, 0.2) is 72.9 Å². The number of benzene rings is 2. The number of nitrogens with one attached hydrogen (secondary N) is 2. The highest BCUT2D eigenvalue weighted by atomic mass is 32.1. The number of amides is 1. The second-order valence-corrected chi connectivity index (χ2v) is 11.0. The summed E-state index contributed by atoms with van der Waals surface area (Å²) in [5, 5.41) is 7.21. The minimum Gasteiger partial charge on any atom is -0.352 e. The number of anilines is 1. The van der Waals surface area contributed by atoms with Gasteiger partial charge in [-0.2, -0.15) is 0 Å². The largest absolute Gasteiger partial charge is 0.352 e. The summed E-state index contributed by atoms with van der Waals surface area (Å²) in [4.78, 5) is 19.8. The minimum atomic E-state index is -0.134. The van der Waals surface area contributed by atoms with Gasteiger partial charge in [-0.3, -0.25) is 9.78 Å². The topological polar surface area (TPSA) is 62.2 Å². The van der Waals surface area contributed by atoms with Gasteiger partial charge in [-0.05, 0) is 98.9 Å². The summed E-state index contributed by atoms with van der Waals surface area (Å²) >= 11 is 5.88. The first-order valence-corrected chi connectivity index (χ1v) is 14.3.